The molecule has 0 aliphatic carbocycles. The molecule has 0 radical (unpaired) electrons. The predicted molar refractivity (Wildman–Crippen MR) is 206 cm³/mol. The molecule has 1 N–H and O–H groups in total. The van der Waals surface area contributed by atoms with E-state index < -0.39 is 0 Å². The molecule has 1 atom stereocenters. The van der Waals surface area contributed by atoms with E-state index in [-0.39, 0.29) is 6.04 Å². The Balaban J connectivity index is 1.02. The van der Waals surface area contributed by atoms with Gasteiger partial charge in [0.05, 0.1) is 23.1 Å². The molecule has 3 aliphatic heterocycles. The minimum atomic E-state index is -0.0222. The lowest BCUT2D eigenvalue weighted by Gasteiger charge is -2.38. The molecule has 5 nitrogen and oxygen atoms in total. The van der Waals surface area contributed by atoms with Crippen LogP contribution in [0.3, 0.4) is 0 Å². The Morgan fingerprint density at radius 2 is 1.24 bits per heavy atom. The van der Waals surface area contributed by atoms with Crippen molar-refractivity contribution in [2.24, 2.45) is 4.99 Å². The third-order valence-electron chi connectivity index (χ3n) is 10.3. The fourth-order valence-electron chi connectivity index (χ4n) is 7.84. The largest absolute Gasteiger partial charge is 0.453 e. The number of hydrogen-bond donors (Lipinski definition) is 1. The molecule has 11 rings (SSSR count). The molecule has 1 unspecified atom stereocenters. The van der Waals surface area contributed by atoms with Crippen LogP contribution in [0, 0.1) is 0 Å². The summed E-state index contributed by atoms with van der Waals surface area (Å²) in [4.78, 5) is 7.55. The molecule has 0 spiro atoms. The maximum Gasteiger partial charge on any atom is 0.159 e. The third kappa shape index (κ3) is 4.31. The Kier molecular flexibility index (Phi) is 5.95. The molecule has 0 saturated heterocycles. The van der Waals surface area contributed by atoms with Crippen LogP contribution in [0.25, 0.3) is 32.7 Å². The van der Waals surface area contributed by atoms with Crippen LogP contribution >= 0.6 is 0 Å². The van der Waals surface area contributed by atoms with E-state index in [1.807, 2.05) is 18.2 Å². The average molecular weight is 656 g/mol. The number of amidine groups is 1. The Labute approximate surface area is 294 Å². The molecule has 0 aromatic heterocycles. The van der Waals surface area contributed by atoms with Crippen molar-refractivity contribution in [3.63, 3.8) is 0 Å². The minimum absolute atomic E-state index is 0.0222. The highest BCUT2D eigenvalue weighted by atomic mass is 16.5. The van der Waals surface area contributed by atoms with Crippen molar-refractivity contribution in [1.82, 2.24) is 5.32 Å². The minimum Gasteiger partial charge on any atom is -0.453 e. The summed E-state index contributed by atoms with van der Waals surface area (Å²) in [5, 5.41) is 8.42. The molecule has 8 aromatic rings. The van der Waals surface area contributed by atoms with Crippen LogP contribution in [0.4, 0.5) is 22.7 Å². The molecule has 0 fully saturated rings. The summed E-state index contributed by atoms with van der Waals surface area (Å²) < 4.78 is 13.2. The lowest BCUT2D eigenvalue weighted by molar-refractivity contribution is 0.447. The van der Waals surface area contributed by atoms with Gasteiger partial charge in [0.2, 0.25) is 0 Å². The van der Waals surface area contributed by atoms with Gasteiger partial charge >= 0.3 is 0 Å². The summed E-state index contributed by atoms with van der Waals surface area (Å²) in [7, 11) is 0. The van der Waals surface area contributed by atoms with Crippen molar-refractivity contribution in [3.05, 3.63) is 180 Å². The van der Waals surface area contributed by atoms with Crippen LogP contribution < -0.4 is 19.7 Å². The van der Waals surface area contributed by atoms with E-state index in [4.69, 9.17) is 14.5 Å². The van der Waals surface area contributed by atoms with E-state index in [1.54, 1.807) is 0 Å². The van der Waals surface area contributed by atoms with E-state index in [0.29, 0.717) is 0 Å². The molecule has 3 heterocycles. The number of nitrogens with one attached hydrogen (secondary N) is 1. The standard InChI is InChI=1S/C46H29N3O2/c1-2-11-30(12-3-1)42-36-25-24-28-10-6-7-15-34(28)43(36)48-46(47-42)31-22-20-29(21-23-31)35-16-8-17-37-45(35)51-40-19-9-18-39-44(40)49(37)38-26-32-13-4-5-14-33(32)27-41(38)50-39/h1-27,42H,(H,47,48). The van der Waals surface area contributed by atoms with Crippen molar-refractivity contribution >= 4 is 50.1 Å². The van der Waals surface area contributed by atoms with Crippen LogP contribution in [-0.4, -0.2) is 5.84 Å². The van der Waals surface area contributed by atoms with Crippen molar-refractivity contribution < 1.29 is 9.47 Å². The van der Waals surface area contributed by atoms with Gasteiger partial charge in [0.15, 0.2) is 23.0 Å². The molecular weight excluding hydrogens is 627 g/mol. The van der Waals surface area contributed by atoms with E-state index in [1.165, 1.54) is 16.5 Å². The number of aliphatic imine (C=N–C) groups is 1. The second kappa shape index (κ2) is 10.8. The number of benzene rings is 8. The molecule has 0 bridgehead atoms. The van der Waals surface area contributed by atoms with Gasteiger partial charge < -0.3 is 14.8 Å². The highest BCUT2D eigenvalue weighted by Crippen LogP contribution is 2.61. The van der Waals surface area contributed by atoms with Gasteiger partial charge in [0.1, 0.15) is 11.5 Å². The summed E-state index contributed by atoms with van der Waals surface area (Å²) in [6.07, 6.45) is 0. The van der Waals surface area contributed by atoms with Crippen molar-refractivity contribution in [2.75, 3.05) is 4.90 Å². The molecule has 3 aliphatic rings. The first-order chi connectivity index (χ1) is 25.3. The zero-order valence-electron chi connectivity index (χ0n) is 27.4. The van der Waals surface area contributed by atoms with E-state index in [2.05, 4.69) is 156 Å². The van der Waals surface area contributed by atoms with Crippen molar-refractivity contribution in [1.29, 1.82) is 0 Å². The quantitative estimate of drug-likeness (QED) is 0.206. The van der Waals surface area contributed by atoms with Crippen LogP contribution in [0.15, 0.2) is 169 Å². The number of hydrogen-bond acceptors (Lipinski definition) is 5. The van der Waals surface area contributed by atoms with E-state index in [9.17, 15) is 0 Å². The summed E-state index contributed by atoms with van der Waals surface area (Å²) in [6, 6.07) is 57.2. The van der Waals surface area contributed by atoms with Gasteiger partial charge in [-0.1, -0.05) is 133 Å². The van der Waals surface area contributed by atoms with Gasteiger partial charge in [-0.05, 0) is 57.6 Å². The van der Waals surface area contributed by atoms with E-state index >= 15 is 0 Å². The fraction of sp³-hybridized carbons (Fsp3) is 0.0217. The normalized spacial score (nSPS) is 15.0. The number of para-hydroxylation sites is 2. The van der Waals surface area contributed by atoms with Crippen molar-refractivity contribution in [3.8, 4) is 34.1 Å². The van der Waals surface area contributed by atoms with Gasteiger partial charge in [-0.3, -0.25) is 4.90 Å². The van der Waals surface area contributed by atoms with Gasteiger partial charge in [0, 0.05) is 22.1 Å². The lowest BCUT2D eigenvalue weighted by atomic mass is 9.92. The summed E-state index contributed by atoms with van der Waals surface area (Å²) in [5.41, 5.74) is 9.38. The third-order valence-corrected chi connectivity index (χ3v) is 10.3. The summed E-state index contributed by atoms with van der Waals surface area (Å²) in [6.45, 7) is 0. The Morgan fingerprint density at radius 3 is 2.08 bits per heavy atom. The molecule has 0 amide bonds. The maximum atomic E-state index is 6.74. The van der Waals surface area contributed by atoms with Crippen LogP contribution in [0.1, 0.15) is 22.7 Å². The number of anilines is 3. The number of rotatable bonds is 3. The smallest absolute Gasteiger partial charge is 0.159 e. The van der Waals surface area contributed by atoms with Gasteiger partial charge in [-0.2, -0.15) is 0 Å². The first kappa shape index (κ1) is 28.0. The SMILES string of the molecule is c1ccc(C2NC(c3ccc(-c4cccc5c4Oc4cccc6c4N5c4cc5ccccc5cc4O6)cc3)=Nc3c2ccc2ccccc32)cc1. The van der Waals surface area contributed by atoms with E-state index in [0.717, 1.165) is 84.4 Å². The first-order valence-electron chi connectivity index (χ1n) is 17.2. The Hall–Kier alpha value is -6.85. The summed E-state index contributed by atoms with van der Waals surface area (Å²) in [5.74, 6) is 4.03. The number of nitrogens with zero attached hydrogens (tertiary/aromatic N) is 2. The lowest BCUT2D eigenvalue weighted by Crippen LogP contribution is -2.32. The second-order valence-electron chi connectivity index (χ2n) is 13.2. The second-order valence-corrected chi connectivity index (χ2v) is 13.2. The topological polar surface area (TPSA) is 46.1 Å². The monoisotopic (exact) mass is 655 g/mol. The van der Waals surface area contributed by atoms with Crippen LogP contribution in [0.5, 0.6) is 23.0 Å². The van der Waals surface area contributed by atoms with Gasteiger partial charge in [-0.25, -0.2) is 4.99 Å². The number of fused-ring (bicyclic) bond motifs is 8. The molecule has 240 valence electrons. The van der Waals surface area contributed by atoms with Crippen LogP contribution in [0.2, 0.25) is 0 Å². The maximum absolute atomic E-state index is 6.74. The number of ether oxygens (including phenoxy) is 2. The zero-order chi connectivity index (χ0) is 33.5. The molecular formula is C46H29N3O2. The zero-order valence-corrected chi connectivity index (χ0v) is 27.4. The van der Waals surface area contributed by atoms with Crippen molar-refractivity contribution in [2.45, 2.75) is 6.04 Å². The Morgan fingerprint density at radius 1 is 0.529 bits per heavy atom. The average Bonchev–Trinajstić information content (AvgIpc) is 3.20. The first-order valence-corrected chi connectivity index (χ1v) is 17.2. The predicted octanol–water partition coefficient (Wildman–Crippen LogP) is 12.1. The highest BCUT2D eigenvalue weighted by Gasteiger charge is 2.36. The highest BCUT2D eigenvalue weighted by molar-refractivity contribution is 6.07. The molecule has 51 heavy (non-hydrogen) atoms. The molecule has 0 saturated carbocycles. The van der Waals surface area contributed by atoms with Gasteiger partial charge in [0.25, 0.3) is 0 Å². The van der Waals surface area contributed by atoms with Crippen LogP contribution in [-0.2, 0) is 0 Å². The molecule has 8 aromatic carbocycles. The molecule has 5 heteroatoms. The van der Waals surface area contributed by atoms with Gasteiger partial charge in [-0.15, -0.1) is 0 Å². The Bertz CT molecular complexity index is 2740. The summed E-state index contributed by atoms with van der Waals surface area (Å²) >= 11 is 0. The fourth-order valence-corrected chi connectivity index (χ4v) is 7.84.